The SMILES string of the molecule is CCCC1(CCC)C(=O)C(C2=NS(O)(O)c3cc(NS(=O)(=O)c4ccccc4OC)ccc3N2)=C(O)c2ccccc21. The normalized spacial score (nSPS) is 17.8. The number of carbonyl (C=O) groups excluding carboxylic acids is 1. The Balaban J connectivity index is 1.56. The summed E-state index contributed by atoms with van der Waals surface area (Å²) >= 11 is 0. The van der Waals surface area contributed by atoms with Crippen molar-refractivity contribution < 1.29 is 32.2 Å². The van der Waals surface area contributed by atoms with Crippen molar-refractivity contribution in [3.05, 3.63) is 83.4 Å². The highest BCUT2D eigenvalue weighted by atomic mass is 32.3. The molecule has 1 heterocycles. The minimum atomic E-state index is -4.09. The zero-order valence-corrected chi connectivity index (χ0v) is 25.1. The summed E-state index contributed by atoms with van der Waals surface area (Å²) in [6.45, 7) is 3.99. The number of hydrogen-bond donors (Lipinski definition) is 5. The molecule has 3 aromatic rings. The first-order valence-corrected chi connectivity index (χ1v) is 16.5. The lowest BCUT2D eigenvalue weighted by molar-refractivity contribution is -0.121. The molecule has 0 fully saturated rings. The lowest BCUT2D eigenvalue weighted by atomic mass is 9.63. The van der Waals surface area contributed by atoms with E-state index in [2.05, 4.69) is 14.4 Å². The number of sulfonamides is 1. The molecule has 0 bridgehead atoms. The quantitative estimate of drug-likeness (QED) is 0.178. The van der Waals surface area contributed by atoms with Crippen molar-refractivity contribution in [3.8, 4) is 5.75 Å². The highest BCUT2D eigenvalue weighted by molar-refractivity contribution is 8.23. The van der Waals surface area contributed by atoms with Gasteiger partial charge in [-0.1, -0.05) is 73.9 Å². The average Bonchev–Trinajstić information content (AvgIpc) is 2.96. The van der Waals surface area contributed by atoms with Crippen LogP contribution in [0.2, 0.25) is 0 Å². The van der Waals surface area contributed by atoms with Gasteiger partial charge in [0.1, 0.15) is 26.9 Å². The number of fused-ring (bicyclic) bond motifs is 2. The van der Waals surface area contributed by atoms with Gasteiger partial charge in [-0.2, -0.15) is 0 Å². The van der Waals surface area contributed by atoms with Gasteiger partial charge in [-0.05, 0) is 48.7 Å². The maximum absolute atomic E-state index is 14.2. The summed E-state index contributed by atoms with van der Waals surface area (Å²) < 4.78 is 60.2. The van der Waals surface area contributed by atoms with Gasteiger partial charge in [-0.15, -0.1) is 4.40 Å². The van der Waals surface area contributed by atoms with Crippen LogP contribution in [0.5, 0.6) is 5.75 Å². The molecule has 3 aromatic carbocycles. The van der Waals surface area contributed by atoms with Crippen LogP contribution in [0.3, 0.4) is 0 Å². The molecule has 0 amide bonds. The zero-order valence-electron chi connectivity index (χ0n) is 23.4. The molecule has 42 heavy (non-hydrogen) atoms. The minimum absolute atomic E-state index is 0.0646. The van der Waals surface area contributed by atoms with E-state index in [0.717, 1.165) is 18.4 Å². The van der Waals surface area contributed by atoms with Crippen LogP contribution in [0.1, 0.15) is 50.7 Å². The standard InChI is InChI=1S/C30H33N3O7S2/c1-4-16-30(17-5-2)21-11-7-6-10-20(21)27(34)26(28(30)35)29-31-22-15-14-19(18-25(22)42(38,39)33-29)32-41(36,37)24-13-9-8-12-23(24)40-3/h6-15,18,32,34,38-39H,4-5,16-17H2,1-3H3,(H,31,33). The number of hydrogen-bond acceptors (Lipinski definition) is 9. The van der Waals surface area contributed by atoms with Crippen molar-refractivity contribution in [1.29, 1.82) is 0 Å². The Morgan fingerprint density at radius 2 is 1.67 bits per heavy atom. The van der Waals surface area contributed by atoms with E-state index >= 15 is 0 Å². The van der Waals surface area contributed by atoms with Gasteiger partial charge in [-0.3, -0.25) is 18.6 Å². The van der Waals surface area contributed by atoms with Crippen molar-refractivity contribution in [2.24, 2.45) is 4.40 Å². The summed E-state index contributed by atoms with van der Waals surface area (Å²) in [5.74, 6) is -0.631. The number of Topliss-reactive ketones (excluding diaryl/α,β-unsaturated/α-hetero) is 1. The number of para-hydroxylation sites is 1. The van der Waals surface area contributed by atoms with E-state index in [9.17, 15) is 27.4 Å². The van der Waals surface area contributed by atoms with Crippen LogP contribution in [-0.2, 0) is 20.2 Å². The van der Waals surface area contributed by atoms with E-state index in [0.29, 0.717) is 18.4 Å². The number of benzene rings is 3. The number of anilines is 2. The molecule has 0 atom stereocenters. The van der Waals surface area contributed by atoms with Crippen molar-refractivity contribution in [2.75, 3.05) is 17.1 Å². The van der Waals surface area contributed by atoms with Crippen LogP contribution >= 0.6 is 10.8 Å². The van der Waals surface area contributed by atoms with E-state index in [-0.39, 0.29) is 49.9 Å². The molecule has 12 heteroatoms. The van der Waals surface area contributed by atoms with Crippen LogP contribution in [0.25, 0.3) is 5.76 Å². The first-order chi connectivity index (χ1) is 20.0. The Morgan fingerprint density at radius 1 is 1.00 bits per heavy atom. The first kappa shape index (κ1) is 29.6. The number of aliphatic hydroxyl groups is 1. The van der Waals surface area contributed by atoms with E-state index in [4.69, 9.17) is 4.74 Å². The predicted octanol–water partition coefficient (Wildman–Crippen LogP) is 6.73. The van der Waals surface area contributed by atoms with Gasteiger partial charge >= 0.3 is 0 Å². The molecular formula is C30H33N3O7S2. The molecule has 0 unspecified atom stereocenters. The summed E-state index contributed by atoms with van der Waals surface area (Å²) in [5, 5.41) is 14.3. The number of nitrogens with zero attached hydrogens (tertiary/aromatic N) is 1. The molecule has 0 spiro atoms. The Hall–Kier alpha value is -3.84. The average molecular weight is 612 g/mol. The summed E-state index contributed by atoms with van der Waals surface area (Å²) in [6.07, 6.45) is 2.53. The molecule has 5 rings (SSSR count). The van der Waals surface area contributed by atoms with E-state index in [1.54, 1.807) is 24.3 Å². The van der Waals surface area contributed by atoms with E-state index in [1.807, 2.05) is 26.0 Å². The van der Waals surface area contributed by atoms with Crippen molar-refractivity contribution in [3.63, 3.8) is 0 Å². The maximum Gasteiger partial charge on any atom is 0.265 e. The summed E-state index contributed by atoms with van der Waals surface area (Å²) in [7, 11) is -6.64. The number of amidine groups is 1. The third kappa shape index (κ3) is 4.94. The molecule has 0 saturated carbocycles. The number of aliphatic hydroxyl groups excluding tert-OH is 1. The number of nitrogens with one attached hydrogen (secondary N) is 2. The third-order valence-corrected chi connectivity index (χ3v) is 10.3. The number of ketones is 1. The highest BCUT2D eigenvalue weighted by Crippen LogP contribution is 2.57. The fourth-order valence-corrected chi connectivity index (χ4v) is 8.22. The molecule has 2 aliphatic rings. The molecule has 1 aliphatic heterocycles. The molecule has 5 N–H and O–H groups in total. The number of ether oxygens (including phenoxy) is 1. The Morgan fingerprint density at radius 3 is 2.36 bits per heavy atom. The Kier molecular flexibility index (Phi) is 7.84. The van der Waals surface area contributed by atoms with E-state index < -0.39 is 26.2 Å². The number of carbonyl (C=O) groups is 1. The van der Waals surface area contributed by atoms with Gasteiger partial charge < -0.3 is 15.2 Å². The van der Waals surface area contributed by atoms with Crippen LogP contribution in [-0.4, -0.2) is 41.4 Å². The molecule has 0 saturated heterocycles. The van der Waals surface area contributed by atoms with Crippen molar-refractivity contribution in [1.82, 2.24) is 0 Å². The maximum atomic E-state index is 14.2. The number of rotatable bonds is 9. The Labute approximate surface area is 246 Å². The van der Waals surface area contributed by atoms with Gasteiger partial charge in [-0.25, -0.2) is 8.42 Å². The lowest BCUT2D eigenvalue weighted by Crippen LogP contribution is -2.44. The first-order valence-electron chi connectivity index (χ1n) is 13.5. The number of methoxy groups -OCH3 is 1. The molecule has 10 nitrogen and oxygen atoms in total. The molecule has 0 aromatic heterocycles. The molecule has 222 valence electrons. The fraction of sp³-hybridized carbons (Fsp3) is 0.267. The summed E-state index contributed by atoms with van der Waals surface area (Å²) in [4.78, 5) is 14.1. The van der Waals surface area contributed by atoms with Gasteiger partial charge in [0.2, 0.25) is 0 Å². The molecular weight excluding hydrogens is 578 g/mol. The van der Waals surface area contributed by atoms with Crippen LogP contribution in [0.15, 0.2) is 86.5 Å². The lowest BCUT2D eigenvalue weighted by Gasteiger charge is -2.40. The second kappa shape index (κ2) is 11.1. The minimum Gasteiger partial charge on any atom is -0.506 e. The predicted molar refractivity (Wildman–Crippen MR) is 165 cm³/mol. The largest absolute Gasteiger partial charge is 0.506 e. The molecule has 1 aliphatic carbocycles. The van der Waals surface area contributed by atoms with Crippen LogP contribution in [0.4, 0.5) is 11.4 Å². The summed E-state index contributed by atoms with van der Waals surface area (Å²) in [5.41, 5.74) is 0.508. The molecule has 0 radical (unpaired) electrons. The fourth-order valence-electron chi connectivity index (χ4n) is 5.81. The Bertz CT molecular complexity index is 1730. The highest BCUT2D eigenvalue weighted by Gasteiger charge is 2.48. The van der Waals surface area contributed by atoms with Crippen LogP contribution < -0.4 is 14.8 Å². The van der Waals surface area contributed by atoms with E-state index in [1.165, 1.54) is 37.4 Å². The third-order valence-electron chi connectivity index (χ3n) is 7.55. The smallest absolute Gasteiger partial charge is 0.265 e. The van der Waals surface area contributed by atoms with Gasteiger partial charge in [0.25, 0.3) is 10.0 Å². The van der Waals surface area contributed by atoms with Gasteiger partial charge in [0, 0.05) is 5.56 Å². The van der Waals surface area contributed by atoms with Crippen molar-refractivity contribution in [2.45, 2.75) is 54.7 Å². The van der Waals surface area contributed by atoms with Crippen molar-refractivity contribution >= 4 is 49.6 Å². The zero-order chi connectivity index (χ0) is 30.3. The topological polar surface area (TPSA) is 158 Å². The van der Waals surface area contributed by atoms with Gasteiger partial charge in [0.15, 0.2) is 11.6 Å². The summed E-state index contributed by atoms with van der Waals surface area (Å²) in [6, 6.07) is 17.5. The van der Waals surface area contributed by atoms with Gasteiger partial charge in [0.05, 0.1) is 23.9 Å². The second-order valence-electron chi connectivity index (χ2n) is 10.2. The van der Waals surface area contributed by atoms with Crippen LogP contribution in [0, 0.1) is 0 Å². The monoisotopic (exact) mass is 611 g/mol. The second-order valence-corrected chi connectivity index (χ2v) is 13.5.